The van der Waals surface area contributed by atoms with Crippen LogP contribution in [0.15, 0.2) is 18.2 Å². The smallest absolute Gasteiger partial charge is 0.129 e. The molecule has 1 aromatic rings. The van der Waals surface area contributed by atoms with Crippen LogP contribution in [0.1, 0.15) is 24.8 Å². The van der Waals surface area contributed by atoms with Crippen molar-refractivity contribution in [3.8, 4) is 0 Å². The Labute approximate surface area is 120 Å². The molecule has 2 aliphatic heterocycles. The third kappa shape index (κ3) is 2.54. The minimum absolute atomic E-state index is 0.173. The first-order chi connectivity index (χ1) is 9.69. The molecule has 2 atom stereocenters. The second kappa shape index (κ2) is 5.70. The van der Waals surface area contributed by atoms with E-state index >= 15 is 0 Å². The summed E-state index contributed by atoms with van der Waals surface area (Å²) in [5.41, 5.74) is 7.13. The summed E-state index contributed by atoms with van der Waals surface area (Å²) >= 11 is 0. The Balaban J connectivity index is 1.74. The van der Waals surface area contributed by atoms with Gasteiger partial charge >= 0.3 is 0 Å². The summed E-state index contributed by atoms with van der Waals surface area (Å²) < 4.78 is 13.9. The molecule has 0 radical (unpaired) electrons. The molecule has 1 aromatic carbocycles. The molecule has 110 valence electrons. The largest absolute Gasteiger partial charge is 0.371 e. The van der Waals surface area contributed by atoms with Crippen LogP contribution in [0.5, 0.6) is 0 Å². The SMILES string of the molecule is CN1CCCC2CN(c3ccc(CN)c(F)c3)CCC21. The van der Waals surface area contributed by atoms with Gasteiger partial charge in [0.2, 0.25) is 0 Å². The molecule has 0 amide bonds. The molecular weight excluding hydrogens is 253 g/mol. The molecule has 0 saturated carbocycles. The van der Waals surface area contributed by atoms with Crippen molar-refractivity contribution < 1.29 is 4.39 Å². The molecule has 0 aliphatic carbocycles. The number of fused-ring (bicyclic) bond motifs is 1. The first kappa shape index (κ1) is 13.8. The van der Waals surface area contributed by atoms with E-state index in [1.807, 2.05) is 12.1 Å². The lowest BCUT2D eigenvalue weighted by molar-refractivity contribution is 0.102. The van der Waals surface area contributed by atoms with E-state index in [9.17, 15) is 4.39 Å². The normalized spacial score (nSPS) is 27.4. The van der Waals surface area contributed by atoms with Crippen molar-refractivity contribution in [3.63, 3.8) is 0 Å². The number of rotatable bonds is 2. The summed E-state index contributed by atoms with van der Waals surface area (Å²) in [6.07, 6.45) is 3.77. The molecule has 4 heteroatoms. The zero-order chi connectivity index (χ0) is 14.1. The third-order valence-electron chi connectivity index (χ3n) is 4.97. The standard InChI is InChI=1S/C16H24FN3/c1-19-7-2-3-13-11-20(8-6-16(13)19)14-5-4-12(10-18)15(17)9-14/h4-5,9,13,16H,2-3,6-8,10-11,18H2,1H3. The maximum Gasteiger partial charge on any atom is 0.129 e. The highest BCUT2D eigenvalue weighted by Crippen LogP contribution is 2.32. The van der Waals surface area contributed by atoms with Gasteiger partial charge in [0.05, 0.1) is 0 Å². The van der Waals surface area contributed by atoms with Crippen LogP contribution in [0.4, 0.5) is 10.1 Å². The highest BCUT2D eigenvalue weighted by atomic mass is 19.1. The number of hydrogen-bond donors (Lipinski definition) is 1. The van der Waals surface area contributed by atoms with E-state index < -0.39 is 0 Å². The highest BCUT2D eigenvalue weighted by Gasteiger charge is 2.34. The fraction of sp³-hybridized carbons (Fsp3) is 0.625. The number of halogens is 1. The number of hydrogen-bond acceptors (Lipinski definition) is 3. The summed E-state index contributed by atoms with van der Waals surface area (Å²) in [5.74, 6) is 0.549. The zero-order valence-electron chi connectivity index (χ0n) is 12.2. The van der Waals surface area contributed by atoms with Gasteiger partial charge in [-0.05, 0) is 50.9 Å². The van der Waals surface area contributed by atoms with Gasteiger partial charge in [0.1, 0.15) is 5.82 Å². The van der Waals surface area contributed by atoms with E-state index in [-0.39, 0.29) is 12.4 Å². The lowest BCUT2D eigenvalue weighted by Gasteiger charge is -2.46. The molecule has 2 aliphatic rings. The van der Waals surface area contributed by atoms with Gasteiger partial charge in [0.15, 0.2) is 0 Å². The fourth-order valence-corrected chi connectivity index (χ4v) is 3.79. The first-order valence-electron chi connectivity index (χ1n) is 7.62. The van der Waals surface area contributed by atoms with Gasteiger partial charge < -0.3 is 15.5 Å². The Morgan fingerprint density at radius 3 is 2.90 bits per heavy atom. The van der Waals surface area contributed by atoms with Gasteiger partial charge in [-0.1, -0.05) is 6.07 Å². The van der Waals surface area contributed by atoms with Crippen LogP contribution in [-0.2, 0) is 6.54 Å². The number of piperidine rings is 2. The molecule has 2 unspecified atom stereocenters. The lowest BCUT2D eigenvalue weighted by Crippen LogP contribution is -2.52. The molecule has 0 bridgehead atoms. The van der Waals surface area contributed by atoms with Gasteiger partial charge in [0.25, 0.3) is 0 Å². The summed E-state index contributed by atoms with van der Waals surface area (Å²) in [4.78, 5) is 4.84. The Bertz CT molecular complexity index is 477. The summed E-state index contributed by atoms with van der Waals surface area (Å²) in [5, 5.41) is 0. The predicted molar refractivity (Wildman–Crippen MR) is 80.3 cm³/mol. The maximum absolute atomic E-state index is 13.9. The van der Waals surface area contributed by atoms with Crippen LogP contribution in [0.3, 0.4) is 0 Å². The van der Waals surface area contributed by atoms with E-state index in [0.717, 1.165) is 24.7 Å². The molecule has 20 heavy (non-hydrogen) atoms. The van der Waals surface area contributed by atoms with Gasteiger partial charge in [-0.15, -0.1) is 0 Å². The number of nitrogens with two attached hydrogens (primary N) is 1. The highest BCUT2D eigenvalue weighted by molar-refractivity contribution is 5.49. The topological polar surface area (TPSA) is 32.5 Å². The molecular formula is C16H24FN3. The van der Waals surface area contributed by atoms with Gasteiger partial charge in [-0.2, -0.15) is 0 Å². The van der Waals surface area contributed by atoms with Gasteiger partial charge in [-0.25, -0.2) is 4.39 Å². The molecule has 2 fully saturated rings. The van der Waals surface area contributed by atoms with Crippen LogP contribution in [0.25, 0.3) is 0 Å². The van der Waals surface area contributed by atoms with Crippen LogP contribution in [0.2, 0.25) is 0 Å². The van der Waals surface area contributed by atoms with Crippen LogP contribution in [-0.4, -0.2) is 37.6 Å². The van der Waals surface area contributed by atoms with Gasteiger partial charge in [-0.3, -0.25) is 0 Å². The predicted octanol–water partition coefficient (Wildman–Crippen LogP) is 2.20. The molecule has 2 saturated heterocycles. The van der Waals surface area contributed by atoms with Crippen molar-refractivity contribution in [2.24, 2.45) is 11.7 Å². The van der Waals surface area contributed by atoms with E-state index in [1.54, 1.807) is 6.07 Å². The van der Waals surface area contributed by atoms with Crippen molar-refractivity contribution in [2.45, 2.75) is 31.8 Å². The number of benzene rings is 1. The second-order valence-corrected chi connectivity index (χ2v) is 6.16. The van der Waals surface area contributed by atoms with Crippen molar-refractivity contribution in [3.05, 3.63) is 29.6 Å². The van der Waals surface area contributed by atoms with Crippen molar-refractivity contribution in [1.82, 2.24) is 4.90 Å². The Morgan fingerprint density at radius 2 is 2.15 bits per heavy atom. The lowest BCUT2D eigenvalue weighted by atomic mass is 9.84. The van der Waals surface area contributed by atoms with Gasteiger partial charge in [0, 0.05) is 36.9 Å². The number of likely N-dealkylation sites (tertiary alicyclic amines) is 1. The minimum atomic E-state index is -0.173. The van der Waals surface area contributed by atoms with Crippen LogP contribution >= 0.6 is 0 Å². The molecule has 2 heterocycles. The number of nitrogens with zero attached hydrogens (tertiary/aromatic N) is 2. The summed E-state index contributed by atoms with van der Waals surface area (Å²) in [6, 6.07) is 6.20. The van der Waals surface area contributed by atoms with E-state index in [1.165, 1.54) is 25.8 Å². The van der Waals surface area contributed by atoms with Crippen LogP contribution < -0.4 is 10.6 Å². The molecule has 0 spiro atoms. The quantitative estimate of drug-likeness (QED) is 0.899. The van der Waals surface area contributed by atoms with Crippen molar-refractivity contribution in [2.75, 3.05) is 31.6 Å². The third-order valence-corrected chi connectivity index (χ3v) is 4.97. The van der Waals surface area contributed by atoms with E-state index in [4.69, 9.17) is 5.73 Å². The van der Waals surface area contributed by atoms with Crippen molar-refractivity contribution in [1.29, 1.82) is 0 Å². The fourth-order valence-electron chi connectivity index (χ4n) is 3.79. The Morgan fingerprint density at radius 1 is 1.30 bits per heavy atom. The Hall–Kier alpha value is -1.13. The summed E-state index contributed by atoms with van der Waals surface area (Å²) in [6.45, 7) is 3.56. The minimum Gasteiger partial charge on any atom is -0.371 e. The van der Waals surface area contributed by atoms with E-state index in [2.05, 4.69) is 16.8 Å². The van der Waals surface area contributed by atoms with Crippen LogP contribution in [0, 0.1) is 11.7 Å². The molecule has 3 rings (SSSR count). The zero-order valence-corrected chi connectivity index (χ0v) is 12.2. The monoisotopic (exact) mass is 277 g/mol. The van der Waals surface area contributed by atoms with Crippen molar-refractivity contribution >= 4 is 5.69 Å². The number of anilines is 1. The first-order valence-corrected chi connectivity index (χ1v) is 7.62. The second-order valence-electron chi connectivity index (χ2n) is 6.16. The molecule has 3 nitrogen and oxygen atoms in total. The molecule has 2 N–H and O–H groups in total. The maximum atomic E-state index is 13.9. The average molecular weight is 277 g/mol. The molecule has 0 aromatic heterocycles. The van der Waals surface area contributed by atoms with E-state index in [0.29, 0.717) is 11.6 Å². The summed E-state index contributed by atoms with van der Waals surface area (Å²) in [7, 11) is 2.24. The average Bonchev–Trinajstić information content (AvgIpc) is 2.47. The Kier molecular flexibility index (Phi) is 3.94.